The molecule has 0 unspecified atom stereocenters. The molecule has 4 rings (SSSR count). The molecule has 3 atom stereocenters. The number of carbonyl (C=O) groups is 1. The first-order valence-corrected chi connectivity index (χ1v) is 8.39. The number of nitrogens with zero attached hydrogens (tertiary/aromatic N) is 3. The quantitative estimate of drug-likeness (QED) is 0.866. The van der Waals surface area contributed by atoms with Gasteiger partial charge in [-0.15, -0.1) is 10.2 Å². The lowest BCUT2D eigenvalue weighted by Crippen LogP contribution is -2.43. The van der Waals surface area contributed by atoms with Crippen LogP contribution in [-0.2, 0) is 9.53 Å². The lowest BCUT2D eigenvalue weighted by molar-refractivity contribution is -0.141. The minimum atomic E-state index is -0.320. The molecule has 1 amide bonds. The van der Waals surface area contributed by atoms with Crippen molar-refractivity contribution in [1.82, 2.24) is 15.1 Å². The first-order valence-electron chi connectivity index (χ1n) is 8.39. The van der Waals surface area contributed by atoms with Gasteiger partial charge in [-0.25, -0.2) is 0 Å². The number of carbonyl (C=O) groups excluding carboxylic acids is 1. The molecule has 126 valence electrons. The van der Waals surface area contributed by atoms with E-state index in [0.717, 1.165) is 6.42 Å². The summed E-state index contributed by atoms with van der Waals surface area (Å²) in [5, 5.41) is 7.86. The van der Waals surface area contributed by atoms with Crippen molar-refractivity contribution in [2.75, 3.05) is 19.7 Å². The van der Waals surface area contributed by atoms with E-state index in [1.54, 1.807) is 6.92 Å². The third-order valence-electron chi connectivity index (χ3n) is 4.89. The molecule has 1 aliphatic carbocycles. The molecule has 1 saturated heterocycles. The van der Waals surface area contributed by atoms with Gasteiger partial charge in [0.25, 0.3) is 0 Å². The highest BCUT2D eigenvalue weighted by Crippen LogP contribution is 2.49. The molecule has 0 radical (unpaired) electrons. The summed E-state index contributed by atoms with van der Waals surface area (Å²) in [4.78, 5) is 14.7. The zero-order chi connectivity index (χ0) is 16.7. The lowest BCUT2D eigenvalue weighted by atomic mass is 10.0. The van der Waals surface area contributed by atoms with Crippen LogP contribution in [0.1, 0.15) is 41.4 Å². The smallest absolute Gasteiger partial charge is 0.246 e. The van der Waals surface area contributed by atoms with Gasteiger partial charge in [-0.05, 0) is 30.4 Å². The highest BCUT2D eigenvalue weighted by molar-refractivity contribution is 5.83. The first-order chi connectivity index (χ1) is 11.6. The third kappa shape index (κ3) is 2.82. The fourth-order valence-electron chi connectivity index (χ4n) is 3.49. The molecule has 2 fully saturated rings. The highest BCUT2D eigenvalue weighted by atomic mass is 16.5. The monoisotopic (exact) mass is 327 g/mol. The van der Waals surface area contributed by atoms with Crippen molar-refractivity contribution >= 4 is 5.91 Å². The van der Waals surface area contributed by atoms with Crippen molar-refractivity contribution in [3.63, 3.8) is 0 Å². The maximum atomic E-state index is 12.8. The fraction of sp³-hybridized carbons (Fsp3) is 0.500. The predicted molar refractivity (Wildman–Crippen MR) is 86.3 cm³/mol. The lowest BCUT2D eigenvalue weighted by Gasteiger charge is -2.31. The van der Waals surface area contributed by atoms with Gasteiger partial charge in [0.1, 0.15) is 0 Å². The van der Waals surface area contributed by atoms with E-state index in [-0.39, 0.29) is 17.9 Å². The van der Waals surface area contributed by atoms with E-state index in [4.69, 9.17) is 9.15 Å². The Morgan fingerprint density at radius 2 is 2.08 bits per heavy atom. The number of morpholine rings is 1. The average molecular weight is 327 g/mol. The van der Waals surface area contributed by atoms with Gasteiger partial charge in [0.05, 0.1) is 13.2 Å². The molecule has 0 spiro atoms. The summed E-state index contributed by atoms with van der Waals surface area (Å²) in [6, 6.07) is 8.33. The largest absolute Gasteiger partial charge is 0.423 e. The Kier molecular flexibility index (Phi) is 3.84. The second kappa shape index (κ2) is 6.02. The Balaban J connectivity index is 1.43. The SMILES string of the molecule is Cc1nnc([C@@H]2CN(C(=O)[C@@H]3C[C@@H]3c3ccccc3C)CCO2)o1. The third-order valence-corrected chi connectivity index (χ3v) is 4.89. The number of ether oxygens (including phenoxy) is 1. The van der Waals surface area contributed by atoms with Crippen LogP contribution in [0.2, 0.25) is 0 Å². The minimum absolute atomic E-state index is 0.0919. The summed E-state index contributed by atoms with van der Waals surface area (Å²) in [7, 11) is 0. The van der Waals surface area contributed by atoms with Gasteiger partial charge >= 0.3 is 0 Å². The fourth-order valence-corrected chi connectivity index (χ4v) is 3.49. The van der Waals surface area contributed by atoms with Crippen LogP contribution in [0.4, 0.5) is 0 Å². The standard InChI is InChI=1S/C18H21N3O3/c1-11-5-3-4-6-13(11)14-9-15(14)18(22)21-7-8-23-16(10-21)17-20-19-12(2)24-17/h3-6,14-16H,7-10H2,1-2H3/t14-,15-,16+/m1/s1. The van der Waals surface area contributed by atoms with Crippen molar-refractivity contribution in [3.05, 3.63) is 47.2 Å². The van der Waals surface area contributed by atoms with Crippen molar-refractivity contribution in [2.45, 2.75) is 32.3 Å². The zero-order valence-corrected chi connectivity index (χ0v) is 13.9. The number of benzene rings is 1. The van der Waals surface area contributed by atoms with Gasteiger partial charge in [0.15, 0.2) is 6.10 Å². The van der Waals surface area contributed by atoms with Crippen LogP contribution < -0.4 is 0 Å². The number of hydrogen-bond acceptors (Lipinski definition) is 5. The van der Waals surface area contributed by atoms with E-state index in [9.17, 15) is 4.79 Å². The van der Waals surface area contributed by atoms with Crippen molar-refractivity contribution in [3.8, 4) is 0 Å². The summed E-state index contributed by atoms with van der Waals surface area (Å²) >= 11 is 0. The topological polar surface area (TPSA) is 68.5 Å². The van der Waals surface area contributed by atoms with Crippen LogP contribution in [0.3, 0.4) is 0 Å². The molecule has 2 aliphatic rings. The van der Waals surface area contributed by atoms with Crippen LogP contribution >= 0.6 is 0 Å². The van der Waals surface area contributed by atoms with Crippen LogP contribution in [0.25, 0.3) is 0 Å². The summed E-state index contributed by atoms with van der Waals surface area (Å²) < 4.78 is 11.1. The van der Waals surface area contributed by atoms with E-state index in [2.05, 4.69) is 29.3 Å². The molecule has 0 N–H and O–H groups in total. The number of hydrogen-bond donors (Lipinski definition) is 0. The summed E-state index contributed by atoms with van der Waals surface area (Å²) in [5.74, 6) is 1.63. The molecule has 1 aliphatic heterocycles. The van der Waals surface area contributed by atoms with Gasteiger partial charge in [-0.3, -0.25) is 4.79 Å². The van der Waals surface area contributed by atoms with Gasteiger partial charge in [-0.1, -0.05) is 24.3 Å². The van der Waals surface area contributed by atoms with Gasteiger partial charge in [0, 0.05) is 19.4 Å². The predicted octanol–water partition coefficient (Wildman–Crippen LogP) is 2.39. The Bertz CT molecular complexity index is 757. The van der Waals surface area contributed by atoms with E-state index < -0.39 is 0 Å². The van der Waals surface area contributed by atoms with E-state index in [1.807, 2.05) is 17.0 Å². The van der Waals surface area contributed by atoms with Gasteiger partial charge in [-0.2, -0.15) is 0 Å². The Hall–Kier alpha value is -2.21. The maximum Gasteiger partial charge on any atom is 0.246 e. The van der Waals surface area contributed by atoms with Crippen molar-refractivity contribution in [1.29, 1.82) is 0 Å². The van der Waals surface area contributed by atoms with Crippen molar-refractivity contribution < 1.29 is 13.9 Å². The van der Waals surface area contributed by atoms with Gasteiger partial charge in [0.2, 0.25) is 17.7 Å². The van der Waals surface area contributed by atoms with Crippen LogP contribution in [0.15, 0.2) is 28.7 Å². The Morgan fingerprint density at radius 1 is 1.25 bits per heavy atom. The summed E-state index contributed by atoms with van der Waals surface area (Å²) in [6.07, 6.45) is 0.616. The van der Waals surface area contributed by atoms with Crippen LogP contribution in [0.5, 0.6) is 0 Å². The number of aryl methyl sites for hydroxylation is 2. The molecule has 24 heavy (non-hydrogen) atoms. The molecular formula is C18H21N3O3. The van der Waals surface area contributed by atoms with Gasteiger partial charge < -0.3 is 14.1 Å². The molecule has 1 saturated carbocycles. The van der Waals surface area contributed by atoms with E-state index in [0.29, 0.717) is 37.4 Å². The van der Waals surface area contributed by atoms with Crippen molar-refractivity contribution in [2.24, 2.45) is 5.92 Å². The molecule has 6 nitrogen and oxygen atoms in total. The van der Waals surface area contributed by atoms with E-state index in [1.165, 1.54) is 11.1 Å². The molecule has 2 heterocycles. The average Bonchev–Trinajstić information content (AvgIpc) is 3.27. The number of amides is 1. The van der Waals surface area contributed by atoms with Crippen LogP contribution in [0, 0.1) is 19.8 Å². The Morgan fingerprint density at radius 3 is 2.83 bits per heavy atom. The Labute approximate surface area is 140 Å². The normalized spacial score (nSPS) is 26.4. The molecular weight excluding hydrogens is 306 g/mol. The zero-order valence-electron chi connectivity index (χ0n) is 13.9. The second-order valence-corrected chi connectivity index (χ2v) is 6.61. The molecule has 0 bridgehead atoms. The number of aromatic nitrogens is 2. The maximum absolute atomic E-state index is 12.8. The summed E-state index contributed by atoms with van der Waals surface area (Å²) in [6.45, 7) is 5.47. The molecule has 1 aromatic heterocycles. The summed E-state index contributed by atoms with van der Waals surface area (Å²) in [5.41, 5.74) is 2.56. The minimum Gasteiger partial charge on any atom is -0.423 e. The second-order valence-electron chi connectivity index (χ2n) is 6.61. The van der Waals surface area contributed by atoms with E-state index >= 15 is 0 Å². The highest BCUT2D eigenvalue weighted by Gasteiger charge is 2.47. The first kappa shape index (κ1) is 15.3. The number of rotatable bonds is 3. The molecule has 1 aromatic carbocycles. The van der Waals surface area contributed by atoms with Crippen LogP contribution in [-0.4, -0.2) is 40.7 Å². The molecule has 6 heteroatoms. The molecule has 2 aromatic rings.